The van der Waals surface area contributed by atoms with E-state index in [1.54, 1.807) is 12.1 Å². The summed E-state index contributed by atoms with van der Waals surface area (Å²) in [6, 6.07) is 3.29. The Bertz CT molecular complexity index is 273. The van der Waals surface area contributed by atoms with Gasteiger partial charge in [-0.05, 0) is 34.0 Å². The summed E-state index contributed by atoms with van der Waals surface area (Å²) in [5.41, 5.74) is 0.630. The maximum atomic E-state index is 12.9. The van der Waals surface area contributed by atoms with Crippen LogP contribution < -0.4 is 0 Å². The van der Waals surface area contributed by atoms with Crippen molar-refractivity contribution in [2.24, 2.45) is 0 Å². The van der Waals surface area contributed by atoms with E-state index in [1.165, 1.54) is 0 Å². The Morgan fingerprint density at radius 1 is 1.55 bits per heavy atom. The monoisotopic (exact) mass is 218 g/mol. The van der Waals surface area contributed by atoms with E-state index in [4.69, 9.17) is 0 Å². The minimum Gasteiger partial charge on any atom is -0.505 e. The van der Waals surface area contributed by atoms with Crippen LogP contribution in [0.25, 0.3) is 0 Å². The lowest BCUT2D eigenvalue weighted by Crippen LogP contribution is -1.86. The molecule has 60 valence electrons. The van der Waals surface area contributed by atoms with Crippen molar-refractivity contribution in [2.75, 3.05) is 0 Å². The van der Waals surface area contributed by atoms with Crippen molar-refractivity contribution in [2.45, 2.75) is 13.3 Å². The van der Waals surface area contributed by atoms with Crippen LogP contribution in [0, 0.1) is 5.82 Å². The Labute approximate surface area is 73.0 Å². The molecule has 0 amide bonds. The van der Waals surface area contributed by atoms with E-state index in [9.17, 15) is 9.50 Å². The molecule has 0 aromatic heterocycles. The molecular weight excluding hydrogens is 211 g/mol. The second-order valence-corrected chi connectivity index (χ2v) is 3.08. The summed E-state index contributed by atoms with van der Waals surface area (Å²) in [5, 5.41) is 9.17. The molecule has 0 atom stereocenters. The fourth-order valence-corrected chi connectivity index (χ4v) is 1.19. The lowest BCUT2D eigenvalue weighted by Gasteiger charge is -2.02. The number of aryl methyl sites for hydroxylation is 1. The standard InChI is InChI=1S/C8H8BrFO/c1-2-5-3-4-6(9)7(10)8(5)11/h3-4,11H,2H2,1H3. The number of hydrogen-bond donors (Lipinski definition) is 1. The van der Waals surface area contributed by atoms with Crippen LogP contribution in [0.15, 0.2) is 16.6 Å². The first-order chi connectivity index (χ1) is 5.16. The number of phenols is 1. The Morgan fingerprint density at radius 3 is 2.73 bits per heavy atom. The van der Waals surface area contributed by atoms with Crippen LogP contribution in [0.2, 0.25) is 0 Å². The summed E-state index contributed by atoms with van der Waals surface area (Å²) in [7, 11) is 0. The summed E-state index contributed by atoms with van der Waals surface area (Å²) in [5.74, 6) is -0.828. The van der Waals surface area contributed by atoms with Gasteiger partial charge in [-0.15, -0.1) is 0 Å². The van der Waals surface area contributed by atoms with Crippen LogP contribution in [0.5, 0.6) is 5.75 Å². The zero-order valence-electron chi connectivity index (χ0n) is 6.06. The molecule has 0 heterocycles. The minimum absolute atomic E-state index is 0.248. The van der Waals surface area contributed by atoms with Gasteiger partial charge in [0.15, 0.2) is 11.6 Å². The highest BCUT2D eigenvalue weighted by Crippen LogP contribution is 2.27. The van der Waals surface area contributed by atoms with Gasteiger partial charge in [-0.3, -0.25) is 0 Å². The van der Waals surface area contributed by atoms with Crippen LogP contribution in [0.3, 0.4) is 0 Å². The van der Waals surface area contributed by atoms with Crippen molar-refractivity contribution in [1.29, 1.82) is 0 Å². The van der Waals surface area contributed by atoms with Crippen molar-refractivity contribution in [3.63, 3.8) is 0 Å². The summed E-state index contributed by atoms with van der Waals surface area (Å²) in [4.78, 5) is 0. The molecule has 1 aromatic rings. The summed E-state index contributed by atoms with van der Waals surface area (Å²) >= 11 is 2.97. The molecule has 0 aliphatic carbocycles. The maximum Gasteiger partial charge on any atom is 0.179 e. The fraction of sp³-hybridized carbons (Fsp3) is 0.250. The van der Waals surface area contributed by atoms with Crippen LogP contribution in [-0.4, -0.2) is 5.11 Å². The highest BCUT2D eigenvalue weighted by atomic mass is 79.9. The molecule has 0 saturated heterocycles. The van der Waals surface area contributed by atoms with E-state index in [-0.39, 0.29) is 5.75 Å². The zero-order valence-corrected chi connectivity index (χ0v) is 7.65. The number of benzene rings is 1. The molecule has 0 aliphatic heterocycles. The number of rotatable bonds is 1. The first kappa shape index (κ1) is 8.53. The summed E-state index contributed by atoms with van der Waals surface area (Å²) in [6.45, 7) is 1.86. The molecule has 3 heteroatoms. The highest BCUT2D eigenvalue weighted by molar-refractivity contribution is 9.10. The predicted octanol–water partition coefficient (Wildman–Crippen LogP) is 2.86. The van der Waals surface area contributed by atoms with E-state index >= 15 is 0 Å². The van der Waals surface area contributed by atoms with E-state index < -0.39 is 5.82 Å². The topological polar surface area (TPSA) is 20.2 Å². The van der Waals surface area contributed by atoms with Gasteiger partial charge in [0.25, 0.3) is 0 Å². The van der Waals surface area contributed by atoms with E-state index in [0.717, 1.165) is 0 Å². The third kappa shape index (κ3) is 1.53. The number of halogens is 2. The Kier molecular flexibility index (Phi) is 2.49. The second kappa shape index (κ2) is 3.22. The predicted molar refractivity (Wildman–Crippen MR) is 45.1 cm³/mol. The number of aromatic hydroxyl groups is 1. The third-order valence-corrected chi connectivity index (χ3v) is 2.15. The summed E-state index contributed by atoms with van der Waals surface area (Å²) in [6.07, 6.45) is 0.635. The molecule has 0 saturated carbocycles. The van der Waals surface area contributed by atoms with Gasteiger partial charge in [0, 0.05) is 0 Å². The molecule has 1 aromatic carbocycles. The average Bonchev–Trinajstić information content (AvgIpc) is 2.01. The van der Waals surface area contributed by atoms with Gasteiger partial charge >= 0.3 is 0 Å². The first-order valence-electron chi connectivity index (χ1n) is 3.32. The number of phenolic OH excluding ortho intramolecular Hbond substituents is 1. The summed E-state index contributed by atoms with van der Waals surface area (Å²) < 4.78 is 13.2. The largest absolute Gasteiger partial charge is 0.505 e. The first-order valence-corrected chi connectivity index (χ1v) is 4.12. The van der Waals surface area contributed by atoms with Gasteiger partial charge in [-0.2, -0.15) is 0 Å². The molecule has 0 unspecified atom stereocenters. The number of hydrogen-bond acceptors (Lipinski definition) is 1. The lowest BCUT2D eigenvalue weighted by atomic mass is 10.1. The minimum atomic E-state index is -0.579. The molecule has 0 radical (unpaired) electrons. The van der Waals surface area contributed by atoms with Crippen molar-refractivity contribution in [1.82, 2.24) is 0 Å². The Balaban J connectivity index is 3.25. The second-order valence-electron chi connectivity index (χ2n) is 2.22. The molecule has 0 fully saturated rings. The molecule has 1 rings (SSSR count). The van der Waals surface area contributed by atoms with Gasteiger partial charge in [-0.1, -0.05) is 13.0 Å². The van der Waals surface area contributed by atoms with Gasteiger partial charge < -0.3 is 5.11 Å². The van der Waals surface area contributed by atoms with Gasteiger partial charge in [0.1, 0.15) is 0 Å². The van der Waals surface area contributed by atoms with Gasteiger partial charge in [0.05, 0.1) is 4.47 Å². The zero-order chi connectivity index (χ0) is 8.43. The Hall–Kier alpha value is -0.570. The molecule has 1 N–H and O–H groups in total. The molecular formula is C8H8BrFO. The van der Waals surface area contributed by atoms with Gasteiger partial charge in [-0.25, -0.2) is 4.39 Å². The normalized spacial score (nSPS) is 10.1. The van der Waals surface area contributed by atoms with E-state index in [2.05, 4.69) is 15.9 Å². The van der Waals surface area contributed by atoms with Crippen LogP contribution >= 0.6 is 15.9 Å². The van der Waals surface area contributed by atoms with E-state index in [1.807, 2.05) is 6.92 Å². The lowest BCUT2D eigenvalue weighted by molar-refractivity contribution is 0.424. The quantitative estimate of drug-likeness (QED) is 0.769. The highest BCUT2D eigenvalue weighted by Gasteiger charge is 2.08. The van der Waals surface area contributed by atoms with Crippen molar-refractivity contribution >= 4 is 15.9 Å². The molecule has 0 aliphatic rings. The molecule has 0 bridgehead atoms. The van der Waals surface area contributed by atoms with Crippen LogP contribution in [0.1, 0.15) is 12.5 Å². The SMILES string of the molecule is CCc1ccc(Br)c(F)c1O. The van der Waals surface area contributed by atoms with E-state index in [0.29, 0.717) is 16.5 Å². The third-order valence-electron chi connectivity index (χ3n) is 1.53. The van der Waals surface area contributed by atoms with Crippen LogP contribution in [-0.2, 0) is 6.42 Å². The molecule has 1 nitrogen and oxygen atoms in total. The Morgan fingerprint density at radius 2 is 2.18 bits per heavy atom. The smallest absolute Gasteiger partial charge is 0.179 e. The molecule has 0 spiro atoms. The van der Waals surface area contributed by atoms with Crippen LogP contribution in [0.4, 0.5) is 4.39 Å². The average molecular weight is 219 g/mol. The van der Waals surface area contributed by atoms with Gasteiger partial charge in [0.2, 0.25) is 0 Å². The van der Waals surface area contributed by atoms with Crippen molar-refractivity contribution in [3.05, 3.63) is 28.0 Å². The van der Waals surface area contributed by atoms with Crippen molar-refractivity contribution < 1.29 is 9.50 Å². The molecule has 11 heavy (non-hydrogen) atoms. The maximum absolute atomic E-state index is 12.9. The van der Waals surface area contributed by atoms with Crippen molar-refractivity contribution in [3.8, 4) is 5.75 Å². The fourth-order valence-electron chi connectivity index (χ4n) is 0.865.